The Labute approximate surface area is 100 Å². The average Bonchev–Trinajstić information content (AvgIpc) is 2.70. The highest BCUT2D eigenvalue weighted by Gasteiger charge is 2.08. The van der Waals surface area contributed by atoms with Crippen molar-refractivity contribution in [3.8, 4) is 0 Å². The van der Waals surface area contributed by atoms with Gasteiger partial charge in [-0.15, -0.1) is 11.3 Å². The predicted molar refractivity (Wildman–Crippen MR) is 66.2 cm³/mol. The van der Waals surface area contributed by atoms with Crippen LogP contribution in [0.1, 0.15) is 11.9 Å². The molecule has 7 heteroatoms. The van der Waals surface area contributed by atoms with E-state index in [9.17, 15) is 8.42 Å². The molecule has 1 rings (SSSR count). The lowest BCUT2D eigenvalue weighted by atomic mass is 10.5. The van der Waals surface area contributed by atoms with Crippen LogP contribution in [0.2, 0.25) is 0 Å². The number of hydrogen-bond donors (Lipinski definition) is 2. The molecule has 1 aromatic heterocycles. The van der Waals surface area contributed by atoms with Gasteiger partial charge in [-0.25, -0.2) is 18.1 Å². The Morgan fingerprint density at radius 2 is 2.25 bits per heavy atom. The molecule has 0 spiro atoms. The average molecular weight is 263 g/mol. The molecular weight excluding hydrogens is 246 g/mol. The van der Waals surface area contributed by atoms with E-state index in [1.54, 1.807) is 6.20 Å². The minimum absolute atomic E-state index is 0.124. The first-order chi connectivity index (χ1) is 7.64. The van der Waals surface area contributed by atoms with Crippen molar-refractivity contribution in [3.63, 3.8) is 0 Å². The molecule has 1 heterocycles. The van der Waals surface area contributed by atoms with E-state index < -0.39 is 10.0 Å². The molecule has 0 atom stereocenters. The van der Waals surface area contributed by atoms with Crippen LogP contribution in [0, 0.1) is 0 Å². The first kappa shape index (κ1) is 13.6. The summed E-state index contributed by atoms with van der Waals surface area (Å²) in [5.74, 6) is 0.124. The van der Waals surface area contributed by atoms with Crippen LogP contribution in [0.25, 0.3) is 0 Å². The molecule has 0 aliphatic rings. The molecule has 0 aliphatic heterocycles. The normalized spacial score (nSPS) is 11.8. The van der Waals surface area contributed by atoms with Gasteiger partial charge in [0, 0.05) is 31.1 Å². The van der Waals surface area contributed by atoms with E-state index in [-0.39, 0.29) is 5.75 Å². The number of nitrogens with one attached hydrogen (secondary N) is 2. The molecule has 5 nitrogen and oxygen atoms in total. The summed E-state index contributed by atoms with van der Waals surface area (Å²) in [4.78, 5) is 4.08. The van der Waals surface area contributed by atoms with Gasteiger partial charge < -0.3 is 5.32 Å². The standard InChI is InChI=1S/C9H17N3O2S2/c1-2-10-6-8-16(13,14)12-4-3-9-11-5-7-15-9/h5,7,10,12H,2-4,6,8H2,1H3. The van der Waals surface area contributed by atoms with E-state index >= 15 is 0 Å². The molecule has 0 bridgehead atoms. The lowest BCUT2D eigenvalue weighted by Crippen LogP contribution is -2.33. The Hall–Kier alpha value is -0.500. The highest BCUT2D eigenvalue weighted by atomic mass is 32.2. The smallest absolute Gasteiger partial charge is 0.212 e. The van der Waals surface area contributed by atoms with Gasteiger partial charge >= 0.3 is 0 Å². The quantitative estimate of drug-likeness (QED) is 0.658. The third-order valence-electron chi connectivity index (χ3n) is 1.94. The van der Waals surface area contributed by atoms with Gasteiger partial charge in [0.1, 0.15) is 0 Å². The van der Waals surface area contributed by atoms with Gasteiger partial charge in [0.15, 0.2) is 0 Å². The van der Waals surface area contributed by atoms with Crippen LogP contribution in [-0.2, 0) is 16.4 Å². The number of hydrogen-bond acceptors (Lipinski definition) is 5. The van der Waals surface area contributed by atoms with Crippen LogP contribution >= 0.6 is 11.3 Å². The van der Waals surface area contributed by atoms with E-state index in [4.69, 9.17) is 0 Å². The second-order valence-corrected chi connectivity index (χ2v) is 6.15. The Bertz CT molecular complexity index is 375. The largest absolute Gasteiger partial charge is 0.316 e. The van der Waals surface area contributed by atoms with Crippen molar-refractivity contribution in [1.82, 2.24) is 15.0 Å². The highest BCUT2D eigenvalue weighted by molar-refractivity contribution is 7.89. The minimum Gasteiger partial charge on any atom is -0.316 e. The fraction of sp³-hybridized carbons (Fsp3) is 0.667. The lowest BCUT2D eigenvalue weighted by Gasteiger charge is -2.05. The van der Waals surface area contributed by atoms with Gasteiger partial charge in [0.25, 0.3) is 0 Å². The number of thiazole rings is 1. The van der Waals surface area contributed by atoms with Crippen LogP contribution in [0.3, 0.4) is 0 Å². The van der Waals surface area contributed by atoms with Crippen molar-refractivity contribution in [2.75, 3.05) is 25.4 Å². The van der Waals surface area contributed by atoms with Crippen LogP contribution < -0.4 is 10.0 Å². The molecule has 0 radical (unpaired) electrons. The van der Waals surface area contributed by atoms with Crippen molar-refractivity contribution < 1.29 is 8.42 Å². The summed E-state index contributed by atoms with van der Waals surface area (Å²) in [7, 11) is -3.14. The molecule has 1 aromatic rings. The van der Waals surface area contributed by atoms with Crippen LogP contribution in [0.4, 0.5) is 0 Å². The van der Waals surface area contributed by atoms with E-state index in [2.05, 4.69) is 15.0 Å². The van der Waals surface area contributed by atoms with Crippen molar-refractivity contribution in [2.45, 2.75) is 13.3 Å². The molecule has 0 fully saturated rings. The molecular formula is C9H17N3O2S2. The Morgan fingerprint density at radius 1 is 1.44 bits per heavy atom. The number of rotatable bonds is 8. The highest BCUT2D eigenvalue weighted by Crippen LogP contribution is 2.03. The summed E-state index contributed by atoms with van der Waals surface area (Å²) in [5.41, 5.74) is 0. The number of nitrogens with zero attached hydrogens (tertiary/aromatic N) is 1. The molecule has 16 heavy (non-hydrogen) atoms. The molecule has 0 aromatic carbocycles. The van der Waals surface area contributed by atoms with E-state index in [0.717, 1.165) is 11.6 Å². The van der Waals surface area contributed by atoms with Crippen molar-refractivity contribution >= 4 is 21.4 Å². The number of aromatic nitrogens is 1. The Morgan fingerprint density at radius 3 is 2.88 bits per heavy atom. The SMILES string of the molecule is CCNCCS(=O)(=O)NCCc1nccs1. The van der Waals surface area contributed by atoms with Gasteiger partial charge in [-0.2, -0.15) is 0 Å². The maximum atomic E-state index is 11.5. The van der Waals surface area contributed by atoms with Crippen LogP contribution in [0.15, 0.2) is 11.6 Å². The minimum atomic E-state index is -3.14. The van der Waals surface area contributed by atoms with Gasteiger partial charge in [-0.1, -0.05) is 6.92 Å². The van der Waals surface area contributed by atoms with E-state index in [1.807, 2.05) is 12.3 Å². The third-order valence-corrected chi connectivity index (χ3v) is 4.17. The molecule has 0 saturated heterocycles. The Balaban J connectivity index is 2.20. The van der Waals surface area contributed by atoms with E-state index in [1.165, 1.54) is 11.3 Å². The second-order valence-electron chi connectivity index (χ2n) is 3.24. The zero-order chi connectivity index (χ0) is 11.9. The molecule has 0 saturated carbocycles. The zero-order valence-corrected chi connectivity index (χ0v) is 10.9. The lowest BCUT2D eigenvalue weighted by molar-refractivity contribution is 0.577. The summed E-state index contributed by atoms with van der Waals surface area (Å²) >= 11 is 1.54. The zero-order valence-electron chi connectivity index (χ0n) is 9.27. The van der Waals surface area contributed by atoms with E-state index in [0.29, 0.717) is 19.5 Å². The summed E-state index contributed by atoms with van der Waals surface area (Å²) < 4.78 is 25.5. The summed E-state index contributed by atoms with van der Waals surface area (Å²) in [6.45, 7) is 3.64. The fourth-order valence-electron chi connectivity index (χ4n) is 1.15. The van der Waals surface area contributed by atoms with Gasteiger partial charge in [0.05, 0.1) is 10.8 Å². The van der Waals surface area contributed by atoms with Crippen LogP contribution in [0.5, 0.6) is 0 Å². The molecule has 0 aliphatic carbocycles. The van der Waals surface area contributed by atoms with Crippen molar-refractivity contribution in [1.29, 1.82) is 0 Å². The van der Waals surface area contributed by atoms with Gasteiger partial charge in [0.2, 0.25) is 10.0 Å². The Kier molecular flexibility index (Phi) is 5.89. The molecule has 0 amide bonds. The first-order valence-corrected chi connectivity index (χ1v) is 7.73. The monoisotopic (exact) mass is 263 g/mol. The van der Waals surface area contributed by atoms with Gasteiger partial charge in [-0.3, -0.25) is 0 Å². The summed E-state index contributed by atoms with van der Waals surface area (Å²) in [6, 6.07) is 0. The summed E-state index contributed by atoms with van der Waals surface area (Å²) in [6.07, 6.45) is 2.37. The van der Waals surface area contributed by atoms with Crippen LogP contribution in [-0.4, -0.2) is 38.8 Å². The second kappa shape index (κ2) is 6.95. The number of sulfonamides is 1. The van der Waals surface area contributed by atoms with Crippen molar-refractivity contribution in [2.24, 2.45) is 0 Å². The fourth-order valence-corrected chi connectivity index (χ4v) is 2.74. The first-order valence-electron chi connectivity index (χ1n) is 5.20. The topological polar surface area (TPSA) is 71.1 Å². The van der Waals surface area contributed by atoms with Gasteiger partial charge in [-0.05, 0) is 6.54 Å². The maximum absolute atomic E-state index is 11.5. The third kappa shape index (κ3) is 5.55. The molecule has 2 N–H and O–H groups in total. The summed E-state index contributed by atoms with van der Waals surface area (Å²) in [5, 5.41) is 5.82. The predicted octanol–water partition coefficient (Wildman–Crippen LogP) is 0.215. The molecule has 92 valence electrons. The van der Waals surface area contributed by atoms with Crippen molar-refractivity contribution in [3.05, 3.63) is 16.6 Å². The maximum Gasteiger partial charge on any atom is 0.212 e. The molecule has 0 unspecified atom stereocenters.